The summed E-state index contributed by atoms with van der Waals surface area (Å²) in [7, 11) is 0. The molecule has 1 aliphatic heterocycles. The van der Waals surface area contributed by atoms with Crippen molar-refractivity contribution < 1.29 is 14.3 Å². The molecule has 0 radical (unpaired) electrons. The number of aryl methyl sites for hydroxylation is 1. The monoisotopic (exact) mass is 292 g/mol. The van der Waals surface area contributed by atoms with Gasteiger partial charge in [-0.25, -0.2) is 0 Å². The molecule has 1 fully saturated rings. The zero-order chi connectivity index (χ0) is 15.3. The van der Waals surface area contributed by atoms with Crippen LogP contribution in [0.3, 0.4) is 0 Å². The molecule has 0 aromatic heterocycles. The first kappa shape index (κ1) is 15.8. The van der Waals surface area contributed by atoms with Crippen LogP contribution >= 0.6 is 0 Å². The largest absolute Gasteiger partial charge is 0.491 e. The molecular formula is C16H24N2O3. The van der Waals surface area contributed by atoms with E-state index in [-0.39, 0.29) is 11.9 Å². The maximum atomic E-state index is 12.2. The Kier molecular flexibility index (Phi) is 5.20. The maximum absolute atomic E-state index is 12.2. The number of carbonyl (C=O) groups is 1. The number of nitrogens with two attached hydrogens (primary N) is 1. The van der Waals surface area contributed by atoms with Crippen molar-refractivity contribution in [3.8, 4) is 5.75 Å². The van der Waals surface area contributed by atoms with Gasteiger partial charge in [-0.15, -0.1) is 0 Å². The fraction of sp³-hybridized carbons (Fsp3) is 0.562. The minimum atomic E-state index is -0.810. The van der Waals surface area contributed by atoms with Gasteiger partial charge in [0.25, 0.3) is 0 Å². The predicted octanol–water partition coefficient (Wildman–Crippen LogP) is 1.39. The number of carbonyl (C=O) groups excluding carboxylic acids is 1. The summed E-state index contributed by atoms with van der Waals surface area (Å²) in [5, 5.41) is 2.93. The second-order valence-corrected chi connectivity index (χ2v) is 5.77. The molecule has 0 spiro atoms. The van der Waals surface area contributed by atoms with Crippen molar-refractivity contribution >= 4 is 5.91 Å². The van der Waals surface area contributed by atoms with Crippen LogP contribution in [0, 0.1) is 6.92 Å². The molecule has 5 heteroatoms. The van der Waals surface area contributed by atoms with Crippen molar-refractivity contribution in [1.82, 2.24) is 5.32 Å². The lowest BCUT2D eigenvalue weighted by Crippen LogP contribution is -2.58. The lowest BCUT2D eigenvalue weighted by atomic mass is 9.90. The Hall–Kier alpha value is -1.59. The Bertz CT molecular complexity index is 484. The molecule has 1 unspecified atom stereocenters. The number of nitrogens with one attached hydrogen (secondary N) is 1. The highest BCUT2D eigenvalue weighted by atomic mass is 16.5. The Morgan fingerprint density at radius 3 is 2.86 bits per heavy atom. The van der Waals surface area contributed by atoms with Gasteiger partial charge in [0.05, 0.1) is 11.6 Å². The summed E-state index contributed by atoms with van der Waals surface area (Å²) in [4.78, 5) is 12.2. The molecule has 3 N–H and O–H groups in total. The average Bonchev–Trinajstić information content (AvgIpc) is 2.46. The van der Waals surface area contributed by atoms with Crippen LogP contribution in [-0.2, 0) is 9.53 Å². The van der Waals surface area contributed by atoms with Gasteiger partial charge in [-0.1, -0.05) is 12.1 Å². The summed E-state index contributed by atoms with van der Waals surface area (Å²) in [5.41, 5.74) is 6.48. The highest BCUT2D eigenvalue weighted by molar-refractivity contribution is 5.86. The summed E-state index contributed by atoms with van der Waals surface area (Å²) >= 11 is 0. The molecule has 1 saturated heterocycles. The van der Waals surface area contributed by atoms with E-state index in [4.69, 9.17) is 15.2 Å². The van der Waals surface area contributed by atoms with Crippen LogP contribution in [0.1, 0.15) is 25.3 Å². The third-order valence-corrected chi connectivity index (χ3v) is 3.70. The van der Waals surface area contributed by atoms with Crippen molar-refractivity contribution in [3.63, 3.8) is 0 Å². The standard InChI is InChI=1S/C16H24N2O3/c1-12-4-3-5-14(10-12)21-11-13(2)18-15(19)16(17)6-8-20-9-7-16/h3-5,10,13H,6-9,11,17H2,1-2H3,(H,18,19). The van der Waals surface area contributed by atoms with Gasteiger partial charge in [0, 0.05) is 13.2 Å². The summed E-state index contributed by atoms with van der Waals surface area (Å²) in [6, 6.07) is 7.75. The van der Waals surface area contributed by atoms with Gasteiger partial charge in [0.2, 0.25) is 5.91 Å². The van der Waals surface area contributed by atoms with E-state index in [1.54, 1.807) is 0 Å². The van der Waals surface area contributed by atoms with Crippen molar-refractivity contribution in [2.75, 3.05) is 19.8 Å². The van der Waals surface area contributed by atoms with E-state index < -0.39 is 5.54 Å². The van der Waals surface area contributed by atoms with Crippen LogP contribution in [0.5, 0.6) is 5.75 Å². The highest BCUT2D eigenvalue weighted by Gasteiger charge is 2.36. The lowest BCUT2D eigenvalue weighted by molar-refractivity contribution is -0.130. The van der Waals surface area contributed by atoms with E-state index in [1.165, 1.54) is 0 Å². The van der Waals surface area contributed by atoms with Gasteiger partial charge in [0.15, 0.2) is 0 Å². The van der Waals surface area contributed by atoms with Crippen molar-refractivity contribution in [2.45, 2.75) is 38.3 Å². The van der Waals surface area contributed by atoms with Gasteiger partial charge in [-0.3, -0.25) is 4.79 Å². The first-order valence-electron chi connectivity index (χ1n) is 7.37. The average molecular weight is 292 g/mol. The second kappa shape index (κ2) is 6.91. The third-order valence-electron chi connectivity index (χ3n) is 3.70. The molecule has 21 heavy (non-hydrogen) atoms. The van der Waals surface area contributed by atoms with Crippen LogP contribution in [0.15, 0.2) is 24.3 Å². The minimum Gasteiger partial charge on any atom is -0.491 e. The van der Waals surface area contributed by atoms with E-state index in [2.05, 4.69) is 5.32 Å². The molecule has 2 rings (SSSR count). The number of benzene rings is 1. The minimum absolute atomic E-state index is 0.0960. The van der Waals surface area contributed by atoms with Crippen LogP contribution in [0.4, 0.5) is 0 Å². The van der Waals surface area contributed by atoms with Gasteiger partial charge in [-0.2, -0.15) is 0 Å². The van der Waals surface area contributed by atoms with Gasteiger partial charge in [0.1, 0.15) is 12.4 Å². The second-order valence-electron chi connectivity index (χ2n) is 5.77. The Morgan fingerprint density at radius 2 is 2.19 bits per heavy atom. The van der Waals surface area contributed by atoms with E-state index in [0.717, 1.165) is 11.3 Å². The van der Waals surface area contributed by atoms with Crippen LogP contribution in [-0.4, -0.2) is 37.3 Å². The van der Waals surface area contributed by atoms with Crippen molar-refractivity contribution in [3.05, 3.63) is 29.8 Å². The Balaban J connectivity index is 1.81. The first-order valence-corrected chi connectivity index (χ1v) is 7.37. The zero-order valence-electron chi connectivity index (χ0n) is 12.7. The summed E-state index contributed by atoms with van der Waals surface area (Å²) in [6.45, 7) is 5.43. The summed E-state index contributed by atoms with van der Waals surface area (Å²) in [5.74, 6) is 0.691. The van der Waals surface area contributed by atoms with Crippen LogP contribution in [0.2, 0.25) is 0 Å². The van der Waals surface area contributed by atoms with Crippen molar-refractivity contribution in [1.29, 1.82) is 0 Å². The highest BCUT2D eigenvalue weighted by Crippen LogP contribution is 2.18. The SMILES string of the molecule is Cc1cccc(OCC(C)NC(=O)C2(N)CCOCC2)c1. The third kappa shape index (κ3) is 4.44. The normalized spacial score (nSPS) is 18.8. The Morgan fingerprint density at radius 1 is 1.48 bits per heavy atom. The topological polar surface area (TPSA) is 73.6 Å². The fourth-order valence-electron chi connectivity index (χ4n) is 2.30. The van der Waals surface area contributed by atoms with E-state index in [1.807, 2.05) is 38.1 Å². The summed E-state index contributed by atoms with van der Waals surface area (Å²) < 4.78 is 10.9. The Labute approximate surface area is 125 Å². The molecule has 1 aromatic carbocycles. The molecule has 116 valence electrons. The molecule has 0 aliphatic carbocycles. The first-order chi connectivity index (χ1) is 9.99. The van der Waals surface area contributed by atoms with Gasteiger partial charge in [-0.05, 0) is 44.4 Å². The van der Waals surface area contributed by atoms with Gasteiger partial charge < -0.3 is 20.5 Å². The predicted molar refractivity (Wildman–Crippen MR) is 81.3 cm³/mol. The molecule has 0 bridgehead atoms. The molecule has 1 aliphatic rings. The van der Waals surface area contributed by atoms with Crippen LogP contribution < -0.4 is 15.8 Å². The van der Waals surface area contributed by atoms with Crippen molar-refractivity contribution in [2.24, 2.45) is 5.73 Å². The smallest absolute Gasteiger partial charge is 0.240 e. The van der Waals surface area contributed by atoms with Gasteiger partial charge >= 0.3 is 0 Å². The molecule has 5 nitrogen and oxygen atoms in total. The number of ether oxygens (including phenoxy) is 2. The fourth-order valence-corrected chi connectivity index (χ4v) is 2.30. The molecule has 1 heterocycles. The molecule has 1 atom stereocenters. The zero-order valence-corrected chi connectivity index (χ0v) is 12.7. The number of rotatable bonds is 5. The van der Waals surface area contributed by atoms with Crippen LogP contribution in [0.25, 0.3) is 0 Å². The molecule has 1 amide bonds. The van der Waals surface area contributed by atoms with E-state index in [9.17, 15) is 4.79 Å². The summed E-state index contributed by atoms with van der Waals surface area (Å²) in [6.07, 6.45) is 1.12. The van der Waals surface area contributed by atoms with E-state index >= 15 is 0 Å². The maximum Gasteiger partial charge on any atom is 0.240 e. The lowest BCUT2D eigenvalue weighted by Gasteiger charge is -2.32. The molecular weight excluding hydrogens is 268 g/mol. The number of hydrogen-bond donors (Lipinski definition) is 2. The number of amides is 1. The quantitative estimate of drug-likeness (QED) is 0.860. The van der Waals surface area contributed by atoms with E-state index in [0.29, 0.717) is 32.7 Å². The number of hydrogen-bond acceptors (Lipinski definition) is 4. The molecule has 0 saturated carbocycles. The molecule has 1 aromatic rings.